The second-order valence-electron chi connectivity index (χ2n) is 7.54. The minimum atomic E-state index is -3.03. The Bertz CT molecular complexity index is 688. The SMILES string of the molecule is C[C@H]1CCCN([C@H](C)CNC(=O)NCc2ccc(CS(C)(=O)=O)cc2)C1. The molecule has 0 spiro atoms. The molecule has 0 unspecified atom stereocenters. The zero-order chi connectivity index (χ0) is 19.2. The molecule has 0 aromatic heterocycles. The van der Waals surface area contributed by atoms with Gasteiger partial charge in [-0.15, -0.1) is 0 Å². The van der Waals surface area contributed by atoms with Crippen molar-refractivity contribution < 1.29 is 13.2 Å². The van der Waals surface area contributed by atoms with Gasteiger partial charge >= 0.3 is 6.03 Å². The van der Waals surface area contributed by atoms with E-state index < -0.39 is 9.84 Å². The summed E-state index contributed by atoms with van der Waals surface area (Å²) in [5.41, 5.74) is 1.69. The van der Waals surface area contributed by atoms with Crippen LogP contribution in [-0.4, -0.2) is 51.3 Å². The molecule has 2 amide bonds. The Morgan fingerprint density at radius 3 is 2.50 bits per heavy atom. The predicted molar refractivity (Wildman–Crippen MR) is 105 cm³/mol. The Morgan fingerprint density at radius 1 is 1.23 bits per heavy atom. The van der Waals surface area contributed by atoms with Crippen LogP contribution in [0.15, 0.2) is 24.3 Å². The molecule has 0 saturated carbocycles. The molecule has 6 nitrogen and oxygen atoms in total. The third-order valence-electron chi connectivity index (χ3n) is 4.77. The maximum absolute atomic E-state index is 12.0. The number of rotatable bonds is 7. The molecular weight excluding hydrogens is 350 g/mol. The van der Waals surface area contributed by atoms with E-state index in [1.54, 1.807) is 12.1 Å². The summed E-state index contributed by atoms with van der Waals surface area (Å²) < 4.78 is 22.6. The fraction of sp³-hybridized carbons (Fsp3) is 0.632. The van der Waals surface area contributed by atoms with E-state index in [-0.39, 0.29) is 11.8 Å². The summed E-state index contributed by atoms with van der Waals surface area (Å²) in [5, 5.41) is 5.78. The Hall–Kier alpha value is -1.60. The summed E-state index contributed by atoms with van der Waals surface area (Å²) in [5.74, 6) is 0.763. The van der Waals surface area contributed by atoms with Crippen LogP contribution in [0, 0.1) is 5.92 Å². The molecule has 1 fully saturated rings. The Morgan fingerprint density at radius 2 is 1.88 bits per heavy atom. The van der Waals surface area contributed by atoms with E-state index in [0.29, 0.717) is 19.1 Å². The number of amides is 2. The van der Waals surface area contributed by atoms with Crippen molar-refractivity contribution in [3.8, 4) is 0 Å². The van der Waals surface area contributed by atoms with Crippen LogP contribution in [0.1, 0.15) is 37.8 Å². The number of benzene rings is 1. The normalized spacial score (nSPS) is 19.7. The first-order valence-corrected chi connectivity index (χ1v) is 11.3. The zero-order valence-corrected chi connectivity index (χ0v) is 16.8. The maximum atomic E-state index is 12.0. The number of carbonyl (C=O) groups is 1. The van der Waals surface area contributed by atoms with E-state index in [1.165, 1.54) is 19.1 Å². The molecular formula is C19H31N3O3S. The summed E-state index contributed by atoms with van der Waals surface area (Å²) in [7, 11) is -3.03. The van der Waals surface area contributed by atoms with Crippen molar-refractivity contribution in [3.63, 3.8) is 0 Å². The van der Waals surface area contributed by atoms with Gasteiger partial charge in [-0.1, -0.05) is 31.2 Å². The van der Waals surface area contributed by atoms with Gasteiger partial charge < -0.3 is 10.6 Å². The fourth-order valence-corrected chi connectivity index (χ4v) is 4.09. The molecule has 1 heterocycles. The van der Waals surface area contributed by atoms with Crippen molar-refractivity contribution in [2.24, 2.45) is 5.92 Å². The van der Waals surface area contributed by atoms with Crippen molar-refractivity contribution in [1.29, 1.82) is 0 Å². The quantitative estimate of drug-likeness (QED) is 0.759. The van der Waals surface area contributed by atoms with E-state index in [1.807, 2.05) is 12.1 Å². The highest BCUT2D eigenvalue weighted by Crippen LogP contribution is 2.17. The summed E-state index contributed by atoms with van der Waals surface area (Å²) in [4.78, 5) is 14.4. The fourth-order valence-electron chi connectivity index (χ4n) is 3.30. The number of carbonyl (C=O) groups excluding carboxylic acids is 1. The molecule has 1 aliphatic rings. The highest BCUT2D eigenvalue weighted by atomic mass is 32.2. The van der Waals surface area contributed by atoms with Crippen LogP contribution >= 0.6 is 0 Å². The maximum Gasteiger partial charge on any atom is 0.315 e. The number of nitrogens with zero attached hydrogens (tertiary/aromatic N) is 1. The number of urea groups is 1. The molecule has 1 aromatic carbocycles. The van der Waals surface area contributed by atoms with E-state index >= 15 is 0 Å². The Kier molecular flexibility index (Phi) is 7.46. The van der Waals surface area contributed by atoms with Gasteiger partial charge in [-0.2, -0.15) is 0 Å². The van der Waals surface area contributed by atoms with Gasteiger partial charge in [-0.05, 0) is 43.4 Å². The Labute approximate surface area is 157 Å². The van der Waals surface area contributed by atoms with E-state index in [9.17, 15) is 13.2 Å². The predicted octanol–water partition coefficient (Wildman–Crippen LogP) is 2.15. The minimum absolute atomic E-state index is 0.0359. The molecule has 2 rings (SSSR count). The highest BCUT2D eigenvalue weighted by Gasteiger charge is 2.21. The number of hydrogen-bond acceptors (Lipinski definition) is 4. The van der Waals surface area contributed by atoms with Gasteiger partial charge in [-0.25, -0.2) is 13.2 Å². The monoisotopic (exact) mass is 381 g/mol. The van der Waals surface area contributed by atoms with Gasteiger partial charge in [0.2, 0.25) is 0 Å². The molecule has 2 atom stereocenters. The first kappa shape index (κ1) is 20.7. The topological polar surface area (TPSA) is 78.5 Å². The van der Waals surface area contributed by atoms with Gasteiger partial charge in [0.05, 0.1) is 5.75 Å². The summed E-state index contributed by atoms with van der Waals surface area (Å²) in [6.07, 6.45) is 3.74. The minimum Gasteiger partial charge on any atom is -0.337 e. The smallest absolute Gasteiger partial charge is 0.315 e. The van der Waals surface area contributed by atoms with E-state index in [2.05, 4.69) is 29.4 Å². The van der Waals surface area contributed by atoms with Gasteiger partial charge in [-0.3, -0.25) is 4.90 Å². The standard InChI is InChI=1S/C19H31N3O3S/c1-15-5-4-10-22(13-15)16(2)11-20-19(23)21-12-17-6-8-18(9-7-17)14-26(3,24)25/h6-9,15-16H,4-5,10-14H2,1-3H3,(H2,20,21,23)/t15-,16+/m0/s1. The molecule has 1 saturated heterocycles. The van der Waals surface area contributed by atoms with Crippen LogP contribution in [0.5, 0.6) is 0 Å². The van der Waals surface area contributed by atoms with Crippen LogP contribution in [0.3, 0.4) is 0 Å². The largest absolute Gasteiger partial charge is 0.337 e. The lowest BCUT2D eigenvalue weighted by atomic mass is 9.99. The van der Waals surface area contributed by atoms with Gasteiger partial charge in [0, 0.05) is 31.9 Å². The summed E-state index contributed by atoms with van der Waals surface area (Å²) >= 11 is 0. The highest BCUT2D eigenvalue weighted by molar-refractivity contribution is 7.89. The van der Waals surface area contributed by atoms with Crippen LogP contribution in [0.4, 0.5) is 4.79 Å². The van der Waals surface area contributed by atoms with Crippen molar-refractivity contribution >= 4 is 15.9 Å². The first-order valence-electron chi connectivity index (χ1n) is 9.24. The van der Waals surface area contributed by atoms with Gasteiger partial charge in [0.25, 0.3) is 0 Å². The van der Waals surface area contributed by atoms with Crippen LogP contribution in [-0.2, 0) is 22.1 Å². The number of nitrogens with one attached hydrogen (secondary N) is 2. The molecule has 1 aliphatic heterocycles. The number of piperidine rings is 1. The molecule has 0 radical (unpaired) electrons. The number of likely N-dealkylation sites (tertiary alicyclic amines) is 1. The van der Waals surface area contributed by atoms with Crippen LogP contribution < -0.4 is 10.6 Å². The van der Waals surface area contributed by atoms with E-state index in [0.717, 1.165) is 30.1 Å². The lowest BCUT2D eigenvalue weighted by Crippen LogP contribution is -2.48. The number of hydrogen-bond donors (Lipinski definition) is 2. The van der Waals surface area contributed by atoms with E-state index in [4.69, 9.17) is 0 Å². The lowest BCUT2D eigenvalue weighted by Gasteiger charge is -2.35. The second kappa shape index (κ2) is 9.37. The molecule has 7 heteroatoms. The lowest BCUT2D eigenvalue weighted by molar-refractivity contribution is 0.137. The first-order chi connectivity index (χ1) is 12.2. The summed E-state index contributed by atoms with van der Waals surface area (Å²) in [6.45, 7) is 7.68. The van der Waals surface area contributed by atoms with Crippen LogP contribution in [0.25, 0.3) is 0 Å². The zero-order valence-electron chi connectivity index (χ0n) is 16.0. The molecule has 1 aromatic rings. The second-order valence-corrected chi connectivity index (χ2v) is 9.68. The molecule has 2 N–H and O–H groups in total. The van der Waals surface area contributed by atoms with Crippen molar-refractivity contribution in [3.05, 3.63) is 35.4 Å². The van der Waals surface area contributed by atoms with Gasteiger partial charge in [0.1, 0.15) is 0 Å². The third kappa shape index (κ3) is 7.33. The third-order valence-corrected chi connectivity index (χ3v) is 5.63. The van der Waals surface area contributed by atoms with Crippen molar-refractivity contribution in [2.75, 3.05) is 25.9 Å². The Balaban J connectivity index is 1.71. The van der Waals surface area contributed by atoms with Crippen LogP contribution in [0.2, 0.25) is 0 Å². The molecule has 0 bridgehead atoms. The molecule has 0 aliphatic carbocycles. The van der Waals surface area contributed by atoms with Crippen molar-refractivity contribution in [2.45, 2.75) is 45.0 Å². The molecule has 146 valence electrons. The summed E-state index contributed by atoms with van der Waals surface area (Å²) in [6, 6.07) is 7.42. The van der Waals surface area contributed by atoms with Gasteiger partial charge in [0.15, 0.2) is 9.84 Å². The average molecular weight is 382 g/mol. The number of sulfone groups is 1. The molecule has 26 heavy (non-hydrogen) atoms. The average Bonchev–Trinajstić information content (AvgIpc) is 2.57. The van der Waals surface area contributed by atoms with Crippen molar-refractivity contribution in [1.82, 2.24) is 15.5 Å².